The Kier molecular flexibility index (Phi) is 4.51. The SMILES string of the molecule is Cc1ccc(S(=O)(=O)OC2CCc3[nH]c4c(Cl)cc(Cl)cc4c3C2)cc1. The summed E-state index contributed by atoms with van der Waals surface area (Å²) in [4.78, 5) is 3.52. The molecule has 136 valence electrons. The Labute approximate surface area is 162 Å². The van der Waals surface area contributed by atoms with E-state index in [0.717, 1.165) is 27.7 Å². The monoisotopic (exact) mass is 409 g/mol. The first-order valence-electron chi connectivity index (χ1n) is 8.32. The minimum atomic E-state index is -3.79. The zero-order valence-corrected chi connectivity index (χ0v) is 16.4. The van der Waals surface area contributed by atoms with Crippen LogP contribution in [0.5, 0.6) is 0 Å². The van der Waals surface area contributed by atoms with Gasteiger partial charge in [0.2, 0.25) is 0 Å². The molecule has 0 spiro atoms. The lowest BCUT2D eigenvalue weighted by Gasteiger charge is -2.22. The molecule has 4 rings (SSSR count). The molecule has 0 aliphatic heterocycles. The summed E-state index contributed by atoms with van der Waals surface area (Å²) >= 11 is 12.4. The summed E-state index contributed by atoms with van der Waals surface area (Å²) in [5.41, 5.74) is 3.93. The van der Waals surface area contributed by atoms with Gasteiger partial charge in [0.15, 0.2) is 0 Å². The number of aryl methyl sites for hydroxylation is 2. The molecule has 4 nitrogen and oxygen atoms in total. The molecule has 0 amide bonds. The molecule has 0 saturated heterocycles. The van der Waals surface area contributed by atoms with Gasteiger partial charge in [-0.2, -0.15) is 8.42 Å². The van der Waals surface area contributed by atoms with E-state index in [9.17, 15) is 8.42 Å². The third-order valence-electron chi connectivity index (χ3n) is 4.74. The molecular formula is C19H17Cl2NO3S. The molecule has 0 radical (unpaired) electrons. The maximum Gasteiger partial charge on any atom is 0.297 e. The van der Waals surface area contributed by atoms with E-state index < -0.39 is 16.2 Å². The summed E-state index contributed by atoms with van der Waals surface area (Å²) in [7, 11) is -3.79. The highest BCUT2D eigenvalue weighted by Crippen LogP contribution is 2.36. The largest absolute Gasteiger partial charge is 0.357 e. The number of aromatic amines is 1. The molecule has 0 bridgehead atoms. The van der Waals surface area contributed by atoms with Crippen LogP contribution in [0, 0.1) is 6.92 Å². The van der Waals surface area contributed by atoms with Crippen LogP contribution in [-0.2, 0) is 27.1 Å². The van der Waals surface area contributed by atoms with Gasteiger partial charge in [-0.1, -0.05) is 40.9 Å². The molecule has 2 aromatic carbocycles. The molecule has 1 aliphatic carbocycles. The molecule has 0 saturated carbocycles. The minimum Gasteiger partial charge on any atom is -0.357 e. The number of hydrogen-bond acceptors (Lipinski definition) is 3. The van der Waals surface area contributed by atoms with E-state index in [-0.39, 0.29) is 4.90 Å². The van der Waals surface area contributed by atoms with Crippen LogP contribution in [0.1, 0.15) is 23.2 Å². The highest BCUT2D eigenvalue weighted by atomic mass is 35.5. The maximum atomic E-state index is 12.6. The summed E-state index contributed by atoms with van der Waals surface area (Å²) in [5, 5.41) is 2.05. The zero-order valence-electron chi connectivity index (χ0n) is 14.1. The summed E-state index contributed by atoms with van der Waals surface area (Å²) < 4.78 is 30.7. The van der Waals surface area contributed by atoms with E-state index in [1.54, 1.807) is 30.3 Å². The topological polar surface area (TPSA) is 59.2 Å². The second-order valence-electron chi connectivity index (χ2n) is 6.62. The standard InChI is InChI=1S/C19H17Cl2NO3S/c1-11-2-5-14(6-3-11)26(23,24)25-13-4-7-18-15(10-13)16-8-12(20)9-17(21)19(16)22-18/h2-3,5-6,8-9,13,22H,4,7,10H2,1H3. The first-order chi connectivity index (χ1) is 12.3. The normalized spacial score (nSPS) is 17.4. The number of benzene rings is 2. The fourth-order valence-electron chi connectivity index (χ4n) is 3.43. The lowest BCUT2D eigenvalue weighted by atomic mass is 9.93. The van der Waals surface area contributed by atoms with Gasteiger partial charge in [-0.05, 0) is 49.6 Å². The van der Waals surface area contributed by atoms with Crippen molar-refractivity contribution in [2.75, 3.05) is 0 Å². The van der Waals surface area contributed by atoms with E-state index in [1.165, 1.54) is 0 Å². The Bertz CT molecular complexity index is 1090. The fraction of sp³-hybridized carbons (Fsp3) is 0.263. The molecule has 1 N–H and O–H groups in total. The lowest BCUT2D eigenvalue weighted by Crippen LogP contribution is -2.25. The number of H-pyrrole nitrogens is 1. The Morgan fingerprint density at radius 1 is 1.15 bits per heavy atom. The van der Waals surface area contributed by atoms with Crippen molar-refractivity contribution in [3.05, 3.63) is 63.3 Å². The van der Waals surface area contributed by atoms with Crippen molar-refractivity contribution >= 4 is 44.2 Å². The summed E-state index contributed by atoms with van der Waals surface area (Å²) in [6, 6.07) is 10.2. The smallest absolute Gasteiger partial charge is 0.297 e. The van der Waals surface area contributed by atoms with Crippen LogP contribution in [0.15, 0.2) is 41.3 Å². The molecule has 7 heteroatoms. The number of nitrogens with one attached hydrogen (secondary N) is 1. The van der Waals surface area contributed by atoms with Crippen LogP contribution in [0.2, 0.25) is 10.0 Å². The second-order valence-corrected chi connectivity index (χ2v) is 9.04. The molecule has 26 heavy (non-hydrogen) atoms. The Morgan fingerprint density at radius 2 is 1.88 bits per heavy atom. The van der Waals surface area contributed by atoms with Crippen LogP contribution in [-0.4, -0.2) is 19.5 Å². The van der Waals surface area contributed by atoms with E-state index in [1.807, 2.05) is 13.0 Å². The third kappa shape index (κ3) is 3.25. The van der Waals surface area contributed by atoms with Crippen molar-refractivity contribution in [3.63, 3.8) is 0 Å². The molecule has 1 unspecified atom stereocenters. The first-order valence-corrected chi connectivity index (χ1v) is 10.5. The second kappa shape index (κ2) is 6.57. The number of rotatable bonds is 3. The molecule has 3 aromatic rings. The van der Waals surface area contributed by atoms with Crippen molar-refractivity contribution in [2.45, 2.75) is 37.2 Å². The molecule has 1 aromatic heterocycles. The molecule has 1 aliphatic rings. The van der Waals surface area contributed by atoms with Gasteiger partial charge in [0.05, 0.1) is 21.5 Å². The zero-order chi connectivity index (χ0) is 18.5. The lowest BCUT2D eigenvalue weighted by molar-refractivity contribution is 0.192. The Hall–Kier alpha value is -1.53. The minimum absolute atomic E-state index is 0.180. The Morgan fingerprint density at radius 3 is 2.62 bits per heavy atom. The molecule has 1 atom stereocenters. The summed E-state index contributed by atoms with van der Waals surface area (Å²) in [5.74, 6) is 0. The number of aromatic nitrogens is 1. The number of halogens is 2. The first kappa shape index (κ1) is 17.9. The van der Waals surface area contributed by atoms with Crippen LogP contribution in [0.3, 0.4) is 0 Å². The molecule has 1 heterocycles. The maximum absolute atomic E-state index is 12.6. The average molecular weight is 410 g/mol. The fourth-order valence-corrected chi connectivity index (χ4v) is 5.07. The van der Waals surface area contributed by atoms with E-state index in [2.05, 4.69) is 4.98 Å². The van der Waals surface area contributed by atoms with Gasteiger partial charge in [-0.3, -0.25) is 4.18 Å². The predicted molar refractivity (Wildman–Crippen MR) is 104 cm³/mol. The summed E-state index contributed by atoms with van der Waals surface area (Å²) in [6.07, 6.45) is 1.41. The van der Waals surface area contributed by atoms with Crippen molar-refractivity contribution in [1.82, 2.24) is 4.98 Å². The van der Waals surface area contributed by atoms with Crippen molar-refractivity contribution < 1.29 is 12.6 Å². The van der Waals surface area contributed by atoms with E-state index in [4.69, 9.17) is 27.4 Å². The van der Waals surface area contributed by atoms with Gasteiger partial charge >= 0.3 is 0 Å². The Balaban J connectivity index is 1.63. The number of hydrogen-bond donors (Lipinski definition) is 1. The highest BCUT2D eigenvalue weighted by molar-refractivity contribution is 7.86. The van der Waals surface area contributed by atoms with Gasteiger partial charge in [0, 0.05) is 22.5 Å². The highest BCUT2D eigenvalue weighted by Gasteiger charge is 2.28. The predicted octanol–water partition coefficient (Wildman–Crippen LogP) is 5.05. The van der Waals surface area contributed by atoms with Gasteiger partial charge in [0.25, 0.3) is 10.1 Å². The van der Waals surface area contributed by atoms with E-state index >= 15 is 0 Å². The van der Waals surface area contributed by atoms with Crippen molar-refractivity contribution in [1.29, 1.82) is 0 Å². The van der Waals surface area contributed by atoms with Crippen LogP contribution in [0.25, 0.3) is 10.9 Å². The number of fused-ring (bicyclic) bond motifs is 3. The van der Waals surface area contributed by atoms with E-state index in [0.29, 0.717) is 29.3 Å². The molecule has 0 fully saturated rings. The third-order valence-corrected chi connectivity index (χ3v) is 6.63. The van der Waals surface area contributed by atoms with Crippen LogP contribution >= 0.6 is 23.2 Å². The molecular weight excluding hydrogens is 393 g/mol. The van der Waals surface area contributed by atoms with Gasteiger partial charge in [-0.15, -0.1) is 0 Å². The van der Waals surface area contributed by atoms with Crippen LogP contribution < -0.4 is 0 Å². The van der Waals surface area contributed by atoms with Gasteiger partial charge in [0.1, 0.15) is 0 Å². The van der Waals surface area contributed by atoms with Crippen molar-refractivity contribution in [2.24, 2.45) is 0 Å². The summed E-state index contributed by atoms with van der Waals surface area (Å²) in [6.45, 7) is 1.91. The van der Waals surface area contributed by atoms with Crippen LogP contribution in [0.4, 0.5) is 0 Å². The van der Waals surface area contributed by atoms with Crippen molar-refractivity contribution in [3.8, 4) is 0 Å². The van der Waals surface area contributed by atoms with Gasteiger partial charge < -0.3 is 4.98 Å². The average Bonchev–Trinajstić information content (AvgIpc) is 2.93. The quantitative estimate of drug-likeness (QED) is 0.615. The van der Waals surface area contributed by atoms with Gasteiger partial charge in [-0.25, -0.2) is 0 Å².